The first-order valence-corrected chi connectivity index (χ1v) is 6.81. The second-order valence-electron chi connectivity index (χ2n) is 5.96. The van der Waals surface area contributed by atoms with E-state index in [1.807, 2.05) is 20.8 Å². The van der Waals surface area contributed by atoms with E-state index in [4.69, 9.17) is 9.47 Å². The number of carbonyl (C=O) groups is 2. The van der Waals surface area contributed by atoms with Crippen LogP contribution in [0.25, 0.3) is 0 Å². The highest BCUT2D eigenvalue weighted by Crippen LogP contribution is 2.24. The normalized spacial score (nSPS) is 24.4. The van der Waals surface area contributed by atoms with Crippen LogP contribution in [-0.4, -0.2) is 53.4 Å². The summed E-state index contributed by atoms with van der Waals surface area (Å²) in [6.45, 7) is 7.10. The molecule has 0 N–H and O–H groups in total. The van der Waals surface area contributed by atoms with Crippen molar-refractivity contribution in [3.8, 4) is 0 Å². The van der Waals surface area contributed by atoms with Crippen LogP contribution in [0, 0.1) is 0 Å². The zero-order valence-electron chi connectivity index (χ0n) is 11.8. The fourth-order valence-corrected chi connectivity index (χ4v) is 2.45. The van der Waals surface area contributed by atoms with Crippen molar-refractivity contribution in [3.05, 3.63) is 0 Å². The molecular formula is C13H22N2O4. The summed E-state index contributed by atoms with van der Waals surface area (Å²) in [5, 5.41) is 0. The highest BCUT2D eigenvalue weighted by molar-refractivity contribution is 5.72. The third kappa shape index (κ3) is 3.30. The predicted molar refractivity (Wildman–Crippen MR) is 68.6 cm³/mol. The van der Waals surface area contributed by atoms with Gasteiger partial charge in [0, 0.05) is 6.54 Å². The largest absolute Gasteiger partial charge is 0.447 e. The van der Waals surface area contributed by atoms with Crippen molar-refractivity contribution in [2.75, 3.05) is 19.7 Å². The Labute approximate surface area is 113 Å². The highest BCUT2D eigenvalue weighted by atomic mass is 16.6. The monoisotopic (exact) mass is 270 g/mol. The van der Waals surface area contributed by atoms with E-state index in [9.17, 15) is 9.59 Å². The van der Waals surface area contributed by atoms with E-state index < -0.39 is 5.60 Å². The summed E-state index contributed by atoms with van der Waals surface area (Å²) in [4.78, 5) is 27.1. The van der Waals surface area contributed by atoms with Crippen LogP contribution in [-0.2, 0) is 9.47 Å². The summed E-state index contributed by atoms with van der Waals surface area (Å²) in [6, 6.07) is 0. The van der Waals surface area contributed by atoms with E-state index in [-0.39, 0.29) is 18.4 Å². The van der Waals surface area contributed by atoms with Crippen molar-refractivity contribution in [2.24, 2.45) is 0 Å². The van der Waals surface area contributed by atoms with Gasteiger partial charge in [0.15, 0.2) is 0 Å². The molecule has 2 aliphatic heterocycles. The number of rotatable bonds is 1. The maximum absolute atomic E-state index is 12.2. The summed E-state index contributed by atoms with van der Waals surface area (Å²) in [5.41, 5.74) is -0.523. The van der Waals surface area contributed by atoms with Crippen molar-refractivity contribution >= 4 is 12.2 Å². The molecule has 2 rings (SSSR count). The number of piperidine rings is 1. The Hall–Kier alpha value is -1.46. The van der Waals surface area contributed by atoms with Gasteiger partial charge in [0.25, 0.3) is 0 Å². The topological polar surface area (TPSA) is 59.1 Å². The molecule has 19 heavy (non-hydrogen) atoms. The molecule has 1 unspecified atom stereocenters. The summed E-state index contributed by atoms with van der Waals surface area (Å²) < 4.78 is 10.4. The minimum absolute atomic E-state index is 0.224. The number of likely N-dealkylation sites (tertiary alicyclic amines) is 1. The van der Waals surface area contributed by atoms with Gasteiger partial charge in [0.05, 0.1) is 6.54 Å². The van der Waals surface area contributed by atoms with Gasteiger partial charge >= 0.3 is 12.2 Å². The Morgan fingerprint density at radius 2 is 2.05 bits per heavy atom. The van der Waals surface area contributed by atoms with Crippen LogP contribution in [0.4, 0.5) is 9.59 Å². The average molecular weight is 270 g/mol. The molecule has 0 saturated carbocycles. The molecule has 0 aromatic carbocycles. The lowest BCUT2D eigenvalue weighted by Crippen LogP contribution is -2.54. The zero-order chi connectivity index (χ0) is 14.0. The first-order chi connectivity index (χ1) is 8.88. The Bertz CT molecular complexity index is 364. The van der Waals surface area contributed by atoms with Crippen LogP contribution in [0.5, 0.6) is 0 Å². The van der Waals surface area contributed by atoms with Crippen LogP contribution in [0.15, 0.2) is 0 Å². The Morgan fingerprint density at radius 3 is 2.63 bits per heavy atom. The lowest BCUT2D eigenvalue weighted by molar-refractivity contribution is -0.0124. The molecule has 0 aromatic rings. The van der Waals surface area contributed by atoms with Crippen molar-refractivity contribution in [1.82, 2.24) is 9.80 Å². The minimum atomic E-state index is -0.523. The summed E-state index contributed by atoms with van der Waals surface area (Å²) in [7, 11) is 0. The second kappa shape index (κ2) is 5.27. The zero-order valence-corrected chi connectivity index (χ0v) is 11.8. The first-order valence-electron chi connectivity index (χ1n) is 6.81. The van der Waals surface area contributed by atoms with Gasteiger partial charge in [-0.05, 0) is 40.0 Å². The fraction of sp³-hybridized carbons (Fsp3) is 0.846. The molecule has 2 amide bonds. The van der Waals surface area contributed by atoms with E-state index in [0.717, 1.165) is 19.3 Å². The summed E-state index contributed by atoms with van der Waals surface area (Å²) in [6.07, 6.45) is 1.83. The van der Waals surface area contributed by atoms with Gasteiger partial charge in [-0.15, -0.1) is 0 Å². The smallest absolute Gasteiger partial charge is 0.411 e. The van der Waals surface area contributed by atoms with E-state index in [1.54, 1.807) is 9.80 Å². The predicted octanol–water partition coefficient (Wildman–Crippen LogP) is 2.19. The maximum Gasteiger partial charge on any atom is 0.411 e. The molecule has 0 spiro atoms. The molecule has 0 radical (unpaired) electrons. The summed E-state index contributed by atoms with van der Waals surface area (Å²) in [5.74, 6) is 0. The molecule has 6 nitrogen and oxygen atoms in total. The van der Waals surface area contributed by atoms with Gasteiger partial charge in [-0.2, -0.15) is 0 Å². The van der Waals surface area contributed by atoms with Crippen LogP contribution < -0.4 is 0 Å². The van der Waals surface area contributed by atoms with E-state index >= 15 is 0 Å². The van der Waals surface area contributed by atoms with E-state index in [0.29, 0.717) is 19.7 Å². The third-order valence-corrected chi connectivity index (χ3v) is 3.25. The Balaban J connectivity index is 2.07. The molecule has 2 saturated heterocycles. The molecule has 1 atom stereocenters. The van der Waals surface area contributed by atoms with Gasteiger partial charge in [-0.1, -0.05) is 0 Å². The van der Waals surface area contributed by atoms with E-state index in [1.165, 1.54) is 0 Å². The van der Waals surface area contributed by atoms with Gasteiger partial charge in [0.2, 0.25) is 0 Å². The van der Waals surface area contributed by atoms with Crippen LogP contribution in [0.3, 0.4) is 0 Å². The maximum atomic E-state index is 12.2. The number of nitrogens with zero attached hydrogens (tertiary/aromatic N) is 2. The van der Waals surface area contributed by atoms with Crippen LogP contribution >= 0.6 is 0 Å². The lowest BCUT2D eigenvalue weighted by atomic mass is 10.1. The van der Waals surface area contributed by atoms with Gasteiger partial charge in [-0.25, -0.2) is 9.59 Å². The average Bonchev–Trinajstić information content (AvgIpc) is 2.73. The second-order valence-corrected chi connectivity index (χ2v) is 5.96. The molecule has 0 aliphatic carbocycles. The van der Waals surface area contributed by atoms with Gasteiger partial charge < -0.3 is 9.47 Å². The van der Waals surface area contributed by atoms with Crippen molar-refractivity contribution in [3.63, 3.8) is 0 Å². The number of hydrogen-bond donors (Lipinski definition) is 0. The molecule has 2 fully saturated rings. The molecular weight excluding hydrogens is 248 g/mol. The molecule has 108 valence electrons. The Kier molecular flexibility index (Phi) is 3.87. The first kappa shape index (κ1) is 14.0. The number of hydrogen-bond acceptors (Lipinski definition) is 4. The van der Waals surface area contributed by atoms with Crippen LogP contribution in [0.2, 0.25) is 0 Å². The molecule has 6 heteroatoms. The molecule has 2 heterocycles. The third-order valence-electron chi connectivity index (χ3n) is 3.25. The number of cyclic esters (lactones) is 1. The highest BCUT2D eigenvalue weighted by Gasteiger charge is 2.38. The Morgan fingerprint density at radius 1 is 1.32 bits per heavy atom. The molecule has 0 bridgehead atoms. The molecule has 2 aliphatic rings. The fourth-order valence-electron chi connectivity index (χ4n) is 2.45. The van der Waals surface area contributed by atoms with Crippen molar-refractivity contribution in [2.45, 2.75) is 51.8 Å². The quantitative estimate of drug-likeness (QED) is 0.732. The number of ether oxygens (including phenoxy) is 2. The standard InChI is InChI=1S/C13H22N2O4/c1-13(2,3)19-12(17)14-7-5-4-6-10(14)15-8-9-18-11(15)16/h10H,4-9H2,1-3H3. The number of carbonyl (C=O) groups excluding carboxylic acids is 2. The molecule has 0 aromatic heterocycles. The van der Waals surface area contributed by atoms with E-state index in [2.05, 4.69) is 0 Å². The van der Waals surface area contributed by atoms with Gasteiger partial charge in [0.1, 0.15) is 18.4 Å². The SMILES string of the molecule is CC(C)(C)OC(=O)N1CCCCC1N1CCOC1=O. The lowest BCUT2D eigenvalue weighted by Gasteiger charge is -2.40. The van der Waals surface area contributed by atoms with Crippen molar-refractivity contribution < 1.29 is 19.1 Å². The minimum Gasteiger partial charge on any atom is -0.447 e. The van der Waals surface area contributed by atoms with Crippen LogP contribution in [0.1, 0.15) is 40.0 Å². The van der Waals surface area contributed by atoms with Gasteiger partial charge in [-0.3, -0.25) is 9.80 Å². The summed E-state index contributed by atoms with van der Waals surface area (Å²) >= 11 is 0. The number of amides is 2. The van der Waals surface area contributed by atoms with Crippen molar-refractivity contribution in [1.29, 1.82) is 0 Å².